The van der Waals surface area contributed by atoms with Gasteiger partial charge in [-0.25, -0.2) is 18.7 Å². The van der Waals surface area contributed by atoms with Crippen LogP contribution in [0.4, 0.5) is 26.3 Å². The van der Waals surface area contributed by atoms with Gasteiger partial charge in [-0.1, -0.05) is 11.3 Å². The number of hydrogen-bond donors (Lipinski definition) is 0. The van der Waals surface area contributed by atoms with Crippen LogP contribution in [-0.4, -0.2) is 34.3 Å². The molecule has 3 heterocycles. The van der Waals surface area contributed by atoms with Crippen LogP contribution in [0.5, 0.6) is 10.9 Å². The third-order valence-corrected chi connectivity index (χ3v) is 4.35. The minimum atomic E-state index is -5.01. The molecule has 0 saturated heterocycles. The highest BCUT2D eigenvalue weighted by atomic mass is 32.1. The van der Waals surface area contributed by atoms with Gasteiger partial charge in [0.05, 0.1) is 23.7 Å². The number of rotatable bonds is 5. The van der Waals surface area contributed by atoms with Crippen molar-refractivity contribution in [1.29, 1.82) is 0 Å². The molecular weight excluding hydrogens is 416 g/mol. The maximum absolute atomic E-state index is 13.5. The summed E-state index contributed by atoms with van der Waals surface area (Å²) >= 11 is 0.308. The summed E-state index contributed by atoms with van der Waals surface area (Å²) < 4.78 is 87.9. The average molecular weight is 425 g/mol. The molecule has 6 nitrogen and oxygen atoms in total. The summed E-state index contributed by atoms with van der Waals surface area (Å²) in [6.45, 7) is 0. The third-order valence-electron chi connectivity index (χ3n) is 3.45. The van der Waals surface area contributed by atoms with E-state index in [0.29, 0.717) is 11.3 Å². The molecule has 3 rings (SSSR count). The summed E-state index contributed by atoms with van der Waals surface area (Å²) in [4.78, 5) is 19.2. The summed E-state index contributed by atoms with van der Waals surface area (Å²) in [7, 11) is 1.29. The topological polar surface area (TPSA) is 65.7 Å². The lowest BCUT2D eigenvalue weighted by atomic mass is 10.2. The van der Waals surface area contributed by atoms with E-state index < -0.39 is 41.0 Å². The molecular formula is C15H9F6N3O3S. The van der Waals surface area contributed by atoms with E-state index >= 15 is 0 Å². The van der Waals surface area contributed by atoms with E-state index in [-0.39, 0.29) is 16.3 Å². The Morgan fingerprint density at radius 1 is 1.25 bits per heavy atom. The zero-order valence-electron chi connectivity index (χ0n) is 13.7. The summed E-state index contributed by atoms with van der Waals surface area (Å²) in [6.07, 6.45) is -9.53. The van der Waals surface area contributed by atoms with Crippen LogP contribution in [-0.2, 0) is 6.18 Å². The minimum Gasteiger partial charge on any atom is -0.497 e. The molecule has 0 aliphatic carbocycles. The molecule has 0 spiro atoms. The Labute approximate surface area is 156 Å². The van der Waals surface area contributed by atoms with E-state index in [2.05, 4.69) is 14.7 Å². The van der Waals surface area contributed by atoms with Crippen LogP contribution < -0.4 is 15.0 Å². The molecule has 0 N–H and O–H groups in total. The molecule has 0 aliphatic heterocycles. The van der Waals surface area contributed by atoms with Crippen LogP contribution in [0.2, 0.25) is 0 Å². The molecule has 0 amide bonds. The van der Waals surface area contributed by atoms with Crippen LogP contribution in [0.25, 0.3) is 16.1 Å². The highest BCUT2D eigenvalue weighted by molar-refractivity contribution is 7.16. The molecule has 1 unspecified atom stereocenters. The normalized spacial score (nSPS) is 13.1. The fourth-order valence-corrected chi connectivity index (χ4v) is 3.07. The quantitative estimate of drug-likeness (QED) is 0.582. The molecule has 28 heavy (non-hydrogen) atoms. The maximum atomic E-state index is 13.5. The number of thiazole rings is 1. The first kappa shape index (κ1) is 19.9. The van der Waals surface area contributed by atoms with Gasteiger partial charge in [-0.2, -0.15) is 17.6 Å². The fourth-order valence-electron chi connectivity index (χ4n) is 2.25. The molecule has 3 aromatic rings. The lowest BCUT2D eigenvalue weighted by molar-refractivity contribution is -0.140. The van der Waals surface area contributed by atoms with E-state index in [4.69, 9.17) is 4.74 Å². The van der Waals surface area contributed by atoms with Crippen LogP contribution in [0.15, 0.2) is 29.3 Å². The number of fused-ring (bicyclic) bond motifs is 1. The van der Waals surface area contributed by atoms with Crippen molar-refractivity contribution in [3.8, 4) is 21.4 Å². The van der Waals surface area contributed by atoms with Crippen LogP contribution in [0.1, 0.15) is 5.69 Å². The molecule has 0 saturated carbocycles. The van der Waals surface area contributed by atoms with Crippen molar-refractivity contribution in [1.82, 2.24) is 14.4 Å². The predicted octanol–water partition coefficient (Wildman–Crippen LogP) is 3.78. The van der Waals surface area contributed by atoms with E-state index in [9.17, 15) is 31.1 Å². The second-order valence-corrected chi connectivity index (χ2v) is 6.22. The largest absolute Gasteiger partial charge is 0.497 e. The summed E-state index contributed by atoms with van der Waals surface area (Å²) in [6, 6.07) is 2.47. The van der Waals surface area contributed by atoms with Crippen LogP contribution >= 0.6 is 11.3 Å². The highest BCUT2D eigenvalue weighted by Crippen LogP contribution is 2.38. The average Bonchev–Trinajstić information content (AvgIpc) is 3.08. The smallest absolute Gasteiger partial charge is 0.434 e. The number of methoxy groups -OCH3 is 1. The van der Waals surface area contributed by atoms with Gasteiger partial charge in [-0.3, -0.25) is 9.20 Å². The van der Waals surface area contributed by atoms with Gasteiger partial charge in [0.15, 0.2) is 5.69 Å². The van der Waals surface area contributed by atoms with Gasteiger partial charge in [-0.15, -0.1) is 0 Å². The number of alkyl halides is 6. The number of hydrogen-bond acceptors (Lipinski definition) is 6. The SMILES string of the molecule is COc1ccn2c(=O)c(-c3cnc(OC(F)C(F)F)s3)c(C(F)(F)F)nc2c1. The highest BCUT2D eigenvalue weighted by Gasteiger charge is 2.38. The Morgan fingerprint density at radius 3 is 2.57 bits per heavy atom. The molecule has 0 aromatic carbocycles. The first-order valence-electron chi connectivity index (χ1n) is 7.34. The Kier molecular flexibility index (Phi) is 5.19. The molecule has 150 valence electrons. The van der Waals surface area contributed by atoms with E-state index in [1.165, 1.54) is 19.4 Å². The van der Waals surface area contributed by atoms with Gasteiger partial charge in [0.25, 0.3) is 10.8 Å². The van der Waals surface area contributed by atoms with Crippen LogP contribution in [0.3, 0.4) is 0 Å². The number of ether oxygens (including phenoxy) is 2. The van der Waals surface area contributed by atoms with Crippen molar-refractivity contribution in [3.63, 3.8) is 0 Å². The van der Waals surface area contributed by atoms with Crippen molar-refractivity contribution in [2.24, 2.45) is 0 Å². The second-order valence-electron chi connectivity index (χ2n) is 5.23. The Bertz CT molecular complexity index is 1070. The Hall–Kier alpha value is -2.83. The fraction of sp³-hybridized carbons (Fsp3) is 0.267. The first-order chi connectivity index (χ1) is 13.1. The minimum absolute atomic E-state index is 0.183. The van der Waals surface area contributed by atoms with Gasteiger partial charge in [0, 0.05) is 12.3 Å². The summed E-state index contributed by atoms with van der Waals surface area (Å²) in [5, 5.41) is -0.657. The van der Waals surface area contributed by atoms with Crippen molar-refractivity contribution in [2.75, 3.05) is 7.11 Å². The van der Waals surface area contributed by atoms with Crippen molar-refractivity contribution >= 4 is 17.0 Å². The Morgan fingerprint density at radius 2 is 1.96 bits per heavy atom. The summed E-state index contributed by atoms with van der Waals surface area (Å²) in [5.74, 6) is 0.183. The van der Waals surface area contributed by atoms with E-state index in [1.807, 2.05) is 0 Å². The molecule has 3 aromatic heterocycles. The predicted molar refractivity (Wildman–Crippen MR) is 85.7 cm³/mol. The van der Waals surface area contributed by atoms with Gasteiger partial charge in [0.1, 0.15) is 11.4 Å². The van der Waals surface area contributed by atoms with Crippen molar-refractivity contribution in [3.05, 3.63) is 40.6 Å². The maximum Gasteiger partial charge on any atom is 0.434 e. The molecule has 0 bridgehead atoms. The lowest BCUT2D eigenvalue weighted by Crippen LogP contribution is -2.23. The monoisotopic (exact) mass is 425 g/mol. The van der Waals surface area contributed by atoms with E-state index in [0.717, 1.165) is 16.7 Å². The van der Waals surface area contributed by atoms with Crippen LogP contribution in [0, 0.1) is 0 Å². The number of halogens is 6. The van der Waals surface area contributed by atoms with E-state index in [1.54, 1.807) is 0 Å². The number of nitrogens with zero attached hydrogens (tertiary/aromatic N) is 3. The summed E-state index contributed by atoms with van der Waals surface area (Å²) in [5.41, 5.74) is -3.77. The second kappa shape index (κ2) is 7.30. The molecule has 0 radical (unpaired) electrons. The zero-order chi connectivity index (χ0) is 20.6. The third kappa shape index (κ3) is 3.74. The first-order valence-corrected chi connectivity index (χ1v) is 8.16. The van der Waals surface area contributed by atoms with Crippen molar-refractivity contribution in [2.45, 2.75) is 19.0 Å². The lowest BCUT2D eigenvalue weighted by Gasteiger charge is -2.12. The van der Waals surface area contributed by atoms with Gasteiger partial charge in [-0.05, 0) is 6.07 Å². The van der Waals surface area contributed by atoms with Crippen molar-refractivity contribution < 1.29 is 35.8 Å². The van der Waals surface area contributed by atoms with Gasteiger partial charge >= 0.3 is 19.0 Å². The molecule has 13 heteroatoms. The molecule has 1 atom stereocenters. The van der Waals surface area contributed by atoms with Gasteiger partial charge in [0.2, 0.25) is 0 Å². The number of pyridine rings is 1. The van der Waals surface area contributed by atoms with Gasteiger partial charge < -0.3 is 9.47 Å². The Balaban J connectivity index is 2.18. The molecule has 0 fully saturated rings. The standard InChI is InChI=1S/C15H9F6N3O3S/c1-26-6-2-3-24-8(4-6)23-10(15(19,20)21)9(13(24)25)7-5-22-14(28-7)27-12(18)11(16)17/h2-5,11-12H,1H3. The molecule has 0 aliphatic rings. The number of aromatic nitrogens is 3. The zero-order valence-corrected chi connectivity index (χ0v) is 14.5.